The Labute approximate surface area is 184 Å². The second kappa shape index (κ2) is 9.26. The number of aryl methyl sites for hydroxylation is 1. The maximum absolute atomic E-state index is 12.6. The summed E-state index contributed by atoms with van der Waals surface area (Å²) in [6, 6.07) is 11.1. The van der Waals surface area contributed by atoms with Crippen molar-refractivity contribution in [3.63, 3.8) is 0 Å². The van der Waals surface area contributed by atoms with E-state index in [0.29, 0.717) is 11.3 Å². The summed E-state index contributed by atoms with van der Waals surface area (Å²) < 4.78 is 27.3. The lowest BCUT2D eigenvalue weighted by molar-refractivity contribution is 0.0941. The number of benzene rings is 2. The Hall–Kier alpha value is -1.93. The number of alkyl halides is 3. The van der Waals surface area contributed by atoms with Crippen molar-refractivity contribution in [1.82, 2.24) is 5.32 Å². The molecule has 0 radical (unpaired) electrons. The maximum Gasteiger partial charge on any atom is 0.253 e. The number of rotatable bonds is 7. The molecule has 0 heterocycles. The summed E-state index contributed by atoms with van der Waals surface area (Å²) in [6.07, 6.45) is -1.14. The van der Waals surface area contributed by atoms with Crippen molar-refractivity contribution in [3.05, 3.63) is 65.6 Å². The summed E-state index contributed by atoms with van der Waals surface area (Å²) in [5, 5.41) is 6.35. The molecule has 0 fully saturated rings. The van der Waals surface area contributed by atoms with Crippen LogP contribution in [0.25, 0.3) is 0 Å². The third-order valence-electron chi connectivity index (χ3n) is 4.01. The van der Waals surface area contributed by atoms with Gasteiger partial charge in [0, 0.05) is 17.0 Å². The molecule has 2 aromatic carbocycles. The molecule has 0 spiro atoms. The molecule has 1 atom stereocenters. The number of nitrogens with one attached hydrogen (secondary N) is 2. The largest absolute Gasteiger partial charge is 0.495 e. The number of ether oxygens (including phenoxy) is 1. The van der Waals surface area contributed by atoms with Crippen LogP contribution in [-0.2, 0) is 9.84 Å². The smallest absolute Gasteiger partial charge is 0.253 e. The number of halogens is 3. The van der Waals surface area contributed by atoms with Crippen molar-refractivity contribution in [2.45, 2.75) is 21.8 Å². The Morgan fingerprint density at radius 1 is 1.21 bits per heavy atom. The van der Waals surface area contributed by atoms with E-state index in [1.54, 1.807) is 31.2 Å². The molecule has 6 nitrogen and oxygen atoms in total. The van der Waals surface area contributed by atoms with Crippen LogP contribution in [0.1, 0.15) is 15.9 Å². The average Bonchev–Trinajstić information content (AvgIpc) is 2.67. The summed E-state index contributed by atoms with van der Waals surface area (Å²) in [5.41, 5.74) is 1.49. The van der Waals surface area contributed by atoms with Crippen molar-refractivity contribution in [2.24, 2.45) is 0 Å². The van der Waals surface area contributed by atoms with Crippen LogP contribution in [0.4, 0.5) is 5.69 Å². The molecule has 0 aromatic heterocycles. The first-order valence-electron chi connectivity index (χ1n) is 8.25. The van der Waals surface area contributed by atoms with Crippen molar-refractivity contribution in [3.8, 4) is 5.75 Å². The number of carbonyl (C=O) groups is 1. The Kier molecular flexibility index (Phi) is 7.45. The number of sulfone groups is 1. The van der Waals surface area contributed by atoms with Gasteiger partial charge in [-0.2, -0.15) is 0 Å². The lowest BCUT2D eigenvalue weighted by atomic mass is 10.1. The van der Waals surface area contributed by atoms with E-state index in [9.17, 15) is 13.2 Å². The van der Waals surface area contributed by atoms with E-state index in [1.165, 1.54) is 25.3 Å². The van der Waals surface area contributed by atoms with Crippen LogP contribution in [-0.4, -0.2) is 31.4 Å². The van der Waals surface area contributed by atoms with Crippen LogP contribution in [0.3, 0.4) is 0 Å². The molecule has 0 aliphatic carbocycles. The van der Waals surface area contributed by atoms with E-state index in [1.807, 2.05) is 0 Å². The number of methoxy groups -OCH3 is 1. The molecular formula is C19H19Cl3N2O4S. The third kappa shape index (κ3) is 5.79. The molecule has 0 saturated heterocycles. The van der Waals surface area contributed by atoms with Crippen LogP contribution in [0.15, 0.2) is 59.3 Å². The monoisotopic (exact) mass is 476 g/mol. The summed E-state index contributed by atoms with van der Waals surface area (Å²) in [7, 11) is -2.29. The zero-order chi connectivity index (χ0) is 21.8. The molecule has 1 amide bonds. The first-order chi connectivity index (χ1) is 13.5. The molecule has 2 N–H and O–H groups in total. The SMILES string of the molecule is C=CS(=O)(=O)c1ccc(N[C@H](NC(=O)c2ccccc2C)C(Cl)(Cl)Cl)c(OC)c1. The summed E-state index contributed by atoms with van der Waals surface area (Å²) in [5.74, 6) is -0.269. The highest BCUT2D eigenvalue weighted by Gasteiger charge is 2.35. The van der Waals surface area contributed by atoms with E-state index in [2.05, 4.69) is 17.2 Å². The van der Waals surface area contributed by atoms with E-state index in [0.717, 1.165) is 11.0 Å². The van der Waals surface area contributed by atoms with Crippen molar-refractivity contribution >= 4 is 56.2 Å². The lowest BCUT2D eigenvalue weighted by Gasteiger charge is -2.28. The molecule has 0 aliphatic rings. The minimum absolute atomic E-state index is 0.00993. The minimum atomic E-state index is -3.66. The van der Waals surface area contributed by atoms with Gasteiger partial charge in [-0.1, -0.05) is 59.6 Å². The van der Waals surface area contributed by atoms with E-state index >= 15 is 0 Å². The highest BCUT2D eigenvalue weighted by atomic mass is 35.6. The standard InChI is InChI=1S/C19H19Cl3N2O4S/c1-4-29(26,27)13-9-10-15(16(11-13)28-3)23-18(19(20,21)22)24-17(25)14-8-6-5-7-12(14)2/h4-11,18,23H,1H2,2-3H3,(H,24,25)/t18-/m1/s1. The summed E-state index contributed by atoms with van der Waals surface area (Å²) in [6.45, 7) is 5.08. The summed E-state index contributed by atoms with van der Waals surface area (Å²) in [4.78, 5) is 12.6. The van der Waals surface area contributed by atoms with Gasteiger partial charge < -0.3 is 15.4 Å². The number of carbonyl (C=O) groups excluding carboxylic acids is 1. The first kappa shape index (κ1) is 23.3. The second-order valence-corrected chi connectivity index (χ2v) is 10.2. The highest BCUT2D eigenvalue weighted by Crippen LogP contribution is 2.35. The van der Waals surface area contributed by atoms with Crippen LogP contribution < -0.4 is 15.4 Å². The van der Waals surface area contributed by atoms with Crippen molar-refractivity contribution in [2.75, 3.05) is 12.4 Å². The molecule has 156 valence electrons. The van der Waals surface area contributed by atoms with Gasteiger partial charge in [0.25, 0.3) is 5.91 Å². The molecule has 2 rings (SSSR count). The Morgan fingerprint density at radius 3 is 2.41 bits per heavy atom. The Balaban J connectivity index is 2.35. The fraction of sp³-hybridized carbons (Fsp3) is 0.211. The van der Waals surface area contributed by atoms with Gasteiger partial charge in [-0.05, 0) is 30.7 Å². The molecule has 0 unspecified atom stereocenters. The predicted molar refractivity (Wildman–Crippen MR) is 117 cm³/mol. The quantitative estimate of drug-likeness (QED) is 0.454. The topological polar surface area (TPSA) is 84.5 Å². The predicted octanol–water partition coefficient (Wildman–Crippen LogP) is 4.46. The normalized spacial score (nSPS) is 12.7. The average molecular weight is 478 g/mol. The minimum Gasteiger partial charge on any atom is -0.495 e. The molecule has 2 aromatic rings. The van der Waals surface area contributed by atoms with Gasteiger partial charge in [0.2, 0.25) is 3.79 Å². The molecule has 0 bridgehead atoms. The van der Waals surface area contributed by atoms with Gasteiger partial charge in [-0.15, -0.1) is 0 Å². The van der Waals surface area contributed by atoms with Crippen LogP contribution >= 0.6 is 34.8 Å². The van der Waals surface area contributed by atoms with Gasteiger partial charge in [0.1, 0.15) is 11.9 Å². The molecule has 29 heavy (non-hydrogen) atoms. The van der Waals surface area contributed by atoms with E-state index in [-0.39, 0.29) is 10.6 Å². The van der Waals surface area contributed by atoms with Crippen LogP contribution in [0, 0.1) is 6.92 Å². The van der Waals surface area contributed by atoms with Gasteiger partial charge in [0.05, 0.1) is 17.7 Å². The lowest BCUT2D eigenvalue weighted by Crippen LogP contribution is -2.49. The molecule has 0 aliphatic heterocycles. The van der Waals surface area contributed by atoms with Gasteiger partial charge in [-0.3, -0.25) is 4.79 Å². The Morgan fingerprint density at radius 2 is 1.86 bits per heavy atom. The maximum atomic E-state index is 12.6. The van der Waals surface area contributed by atoms with Crippen molar-refractivity contribution in [1.29, 1.82) is 0 Å². The number of amides is 1. The van der Waals surface area contributed by atoms with Gasteiger partial charge in [0.15, 0.2) is 9.84 Å². The summed E-state index contributed by atoms with van der Waals surface area (Å²) >= 11 is 18.1. The zero-order valence-corrected chi connectivity index (χ0v) is 18.7. The Bertz CT molecular complexity index is 1020. The zero-order valence-electron chi connectivity index (χ0n) is 15.6. The molecule has 10 heteroatoms. The third-order valence-corrected chi connectivity index (χ3v) is 6.02. The number of hydrogen-bond donors (Lipinski definition) is 2. The van der Waals surface area contributed by atoms with E-state index < -0.39 is 25.7 Å². The van der Waals surface area contributed by atoms with Crippen LogP contribution in [0.5, 0.6) is 5.75 Å². The van der Waals surface area contributed by atoms with Crippen LogP contribution in [0.2, 0.25) is 0 Å². The molecular weight excluding hydrogens is 459 g/mol. The first-order valence-corrected chi connectivity index (χ1v) is 10.9. The van der Waals surface area contributed by atoms with Gasteiger partial charge in [-0.25, -0.2) is 8.42 Å². The van der Waals surface area contributed by atoms with Crippen molar-refractivity contribution < 1.29 is 17.9 Å². The second-order valence-electron chi connectivity index (χ2n) is 5.98. The number of anilines is 1. The highest BCUT2D eigenvalue weighted by molar-refractivity contribution is 7.94. The molecule has 0 saturated carbocycles. The van der Waals surface area contributed by atoms with E-state index in [4.69, 9.17) is 39.5 Å². The fourth-order valence-electron chi connectivity index (χ4n) is 2.46. The van der Waals surface area contributed by atoms with Gasteiger partial charge >= 0.3 is 0 Å². The fourth-order valence-corrected chi connectivity index (χ4v) is 3.50. The number of hydrogen-bond acceptors (Lipinski definition) is 5.